The van der Waals surface area contributed by atoms with Crippen molar-refractivity contribution in [3.05, 3.63) is 198 Å². The number of hydrogen-bond acceptors (Lipinski definition) is 16. The lowest BCUT2D eigenvalue weighted by atomic mass is 9.99. The van der Waals surface area contributed by atoms with Crippen LogP contribution in [0.3, 0.4) is 0 Å². The van der Waals surface area contributed by atoms with E-state index in [-0.39, 0.29) is 35.1 Å². The minimum absolute atomic E-state index is 0.0373. The predicted molar refractivity (Wildman–Crippen MR) is 279 cm³/mol. The number of hydrogen-bond donors (Lipinski definition) is 2. The van der Waals surface area contributed by atoms with Crippen molar-refractivity contribution in [3.63, 3.8) is 0 Å². The van der Waals surface area contributed by atoms with Gasteiger partial charge in [0, 0.05) is 29.9 Å². The van der Waals surface area contributed by atoms with Crippen molar-refractivity contribution in [3.8, 4) is 6.07 Å². The molecule has 0 bridgehead atoms. The largest absolute Gasteiger partial charge is 0.475 e. The standard InChI is InChI=1S/C54H58N5O15PSi/c1-35-30-58(52(64)56-47(35)60)45-29-42(74-76(54(3,4)5,39-23-14-8-15-24-39)40-25-16-9-17-26-40)44(71-45)34-70-75(66,69-28-18-27-55)73-46-41(32-67-50(62)37-19-10-6-11-20-37)43(33-68-51(63)38-21-12-7-13-22-38)72-49(46)59-31-36(2)48(61)57-53(59)65/h6-17,19-26,30-31,41-46,49H,18,28-29,32-34H2,1-5H3,(H,56,60,64)(H,57,61,65)/t41-,42+,43-,44-,45-,46-,49-,75?/m1/s1. The maximum atomic E-state index is 15.6. The molecule has 2 N–H and O–H groups in total. The number of carbonyl (C=O) groups excluding carboxylic acids is 2. The molecule has 2 aliphatic heterocycles. The number of H-pyrrole nitrogens is 2. The fourth-order valence-electron chi connectivity index (χ4n) is 9.40. The molecule has 6 aromatic rings. The summed E-state index contributed by atoms with van der Waals surface area (Å²) in [7, 11) is -8.46. The van der Waals surface area contributed by atoms with E-state index in [1.54, 1.807) is 55.5 Å². The van der Waals surface area contributed by atoms with Crippen molar-refractivity contribution in [2.75, 3.05) is 26.4 Å². The minimum atomic E-state index is -5.05. The Morgan fingerprint density at radius 2 is 1.20 bits per heavy atom. The number of aromatic nitrogens is 4. The SMILES string of the molecule is Cc1cn([C@@H]2O[C@H](COC(=O)c3ccccc3)[C@@H](COC(=O)c3ccccc3)[C@H]2OP(=O)(OCCC#N)OC[C@H]2O[C@@H](n3cc(C)c(=O)[nH]c3=O)C[C@@H]2O[Si](c2ccccc2)(c2ccccc2)C(C)(C)C)c(=O)[nH]c1=O. The molecule has 4 aromatic carbocycles. The zero-order valence-corrected chi connectivity index (χ0v) is 44.3. The summed E-state index contributed by atoms with van der Waals surface area (Å²) >= 11 is 0. The van der Waals surface area contributed by atoms with Gasteiger partial charge in [0.2, 0.25) is 0 Å². The van der Waals surface area contributed by atoms with Gasteiger partial charge in [0.05, 0.1) is 55.5 Å². The average Bonchev–Trinajstić information content (AvgIpc) is 4.00. The summed E-state index contributed by atoms with van der Waals surface area (Å²) in [5.41, 5.74) is -2.27. The molecule has 0 saturated carbocycles. The van der Waals surface area contributed by atoms with E-state index in [1.807, 2.05) is 66.7 Å². The number of aryl methyl sites for hydroxylation is 2. The van der Waals surface area contributed by atoms with Crippen LogP contribution in [-0.2, 0) is 41.5 Å². The lowest BCUT2D eigenvalue weighted by Crippen LogP contribution is -2.68. The first kappa shape index (κ1) is 55.1. The Balaban J connectivity index is 1.19. The molecule has 2 aliphatic rings. The fraction of sp³-hybridized carbons (Fsp3) is 0.352. The Hall–Kier alpha value is -7.12. The molecule has 8 rings (SSSR count). The molecule has 2 fully saturated rings. The number of esters is 2. The Morgan fingerprint density at radius 3 is 1.72 bits per heavy atom. The van der Waals surface area contributed by atoms with Crippen LogP contribution in [0.1, 0.15) is 77.9 Å². The van der Waals surface area contributed by atoms with Gasteiger partial charge in [0.1, 0.15) is 31.1 Å². The lowest BCUT2D eigenvalue weighted by molar-refractivity contribution is -0.0661. The minimum Gasteiger partial charge on any atom is -0.462 e. The van der Waals surface area contributed by atoms with Gasteiger partial charge in [-0.15, -0.1) is 0 Å². The van der Waals surface area contributed by atoms with Gasteiger partial charge in [-0.3, -0.25) is 42.3 Å². The molecule has 0 radical (unpaired) electrons. The molecule has 0 spiro atoms. The summed E-state index contributed by atoms with van der Waals surface area (Å²) in [6, 6.07) is 37.6. The van der Waals surface area contributed by atoms with Crippen molar-refractivity contribution < 1.29 is 51.1 Å². The second-order valence-corrected chi connectivity index (χ2v) is 25.2. The van der Waals surface area contributed by atoms with Gasteiger partial charge in [0.25, 0.3) is 19.4 Å². The highest BCUT2D eigenvalue weighted by molar-refractivity contribution is 7.48. The number of rotatable bonds is 20. The van der Waals surface area contributed by atoms with Gasteiger partial charge in [0.15, 0.2) is 6.23 Å². The van der Waals surface area contributed by atoms with Crippen molar-refractivity contribution in [2.24, 2.45) is 5.92 Å². The van der Waals surface area contributed by atoms with Crippen LogP contribution in [0.25, 0.3) is 0 Å². The van der Waals surface area contributed by atoms with Crippen LogP contribution in [0.4, 0.5) is 0 Å². The van der Waals surface area contributed by atoms with E-state index in [0.717, 1.165) is 14.9 Å². The van der Waals surface area contributed by atoms with Crippen molar-refractivity contribution in [1.29, 1.82) is 5.26 Å². The summed E-state index contributed by atoms with van der Waals surface area (Å²) < 4.78 is 68.7. The summed E-state index contributed by atoms with van der Waals surface area (Å²) in [6.07, 6.45) is -5.23. The Bertz CT molecular complexity index is 3290. The van der Waals surface area contributed by atoms with E-state index in [0.29, 0.717) is 0 Å². The summed E-state index contributed by atoms with van der Waals surface area (Å²) in [5.74, 6) is -2.72. The van der Waals surface area contributed by atoms with Gasteiger partial charge in [-0.1, -0.05) is 118 Å². The van der Waals surface area contributed by atoms with Crippen LogP contribution in [0, 0.1) is 31.1 Å². The van der Waals surface area contributed by atoms with E-state index in [2.05, 4.69) is 30.7 Å². The maximum absolute atomic E-state index is 15.6. The Labute approximate surface area is 437 Å². The van der Waals surface area contributed by atoms with Crippen LogP contribution in [0.15, 0.2) is 153 Å². The molecule has 76 heavy (non-hydrogen) atoms. The van der Waals surface area contributed by atoms with Crippen LogP contribution >= 0.6 is 7.82 Å². The van der Waals surface area contributed by atoms with Crippen LogP contribution in [0.5, 0.6) is 0 Å². The molecule has 20 nitrogen and oxygen atoms in total. The number of carbonyl (C=O) groups is 2. The molecule has 0 amide bonds. The molecule has 2 saturated heterocycles. The monoisotopic (exact) mass is 1080 g/mol. The van der Waals surface area contributed by atoms with Crippen molar-refractivity contribution >= 4 is 38.5 Å². The van der Waals surface area contributed by atoms with E-state index >= 15 is 4.57 Å². The topological polar surface area (TPSA) is 259 Å². The average molecular weight is 1080 g/mol. The maximum Gasteiger partial charge on any atom is 0.475 e. The van der Waals surface area contributed by atoms with Crippen LogP contribution in [-0.4, -0.2) is 90.2 Å². The first-order valence-electron chi connectivity index (χ1n) is 24.5. The van der Waals surface area contributed by atoms with Gasteiger partial charge in [-0.05, 0) is 53.5 Å². The molecular formula is C54H58N5O15PSi. The van der Waals surface area contributed by atoms with Gasteiger partial charge in [-0.2, -0.15) is 5.26 Å². The quantitative estimate of drug-likeness (QED) is 0.0408. The summed E-state index contributed by atoms with van der Waals surface area (Å²) in [4.78, 5) is 83.9. The normalized spacial score (nSPS) is 21.3. The smallest absolute Gasteiger partial charge is 0.462 e. The number of nitrogens with zero attached hydrogens (tertiary/aromatic N) is 3. The third-order valence-electron chi connectivity index (χ3n) is 13.2. The fourth-order valence-corrected chi connectivity index (χ4v) is 15.5. The first-order chi connectivity index (χ1) is 36.4. The molecule has 2 aromatic heterocycles. The van der Waals surface area contributed by atoms with E-state index < -0.39 is 125 Å². The second-order valence-electron chi connectivity index (χ2n) is 19.4. The van der Waals surface area contributed by atoms with E-state index in [1.165, 1.54) is 36.0 Å². The van der Waals surface area contributed by atoms with Crippen molar-refractivity contribution in [1.82, 2.24) is 19.1 Å². The zero-order chi connectivity index (χ0) is 54.2. The first-order valence-corrected chi connectivity index (χ1v) is 27.9. The third kappa shape index (κ3) is 12.3. The molecule has 1 unspecified atom stereocenters. The Kier molecular flexibility index (Phi) is 17.3. The molecular weight excluding hydrogens is 1020 g/mol. The molecule has 398 valence electrons. The molecule has 8 atom stereocenters. The number of phosphoric acid groups is 1. The summed E-state index contributed by atoms with van der Waals surface area (Å²) in [5, 5.41) is 10.9. The third-order valence-corrected chi connectivity index (χ3v) is 19.7. The number of aromatic amines is 2. The van der Waals surface area contributed by atoms with Crippen LogP contribution < -0.4 is 32.9 Å². The highest BCUT2D eigenvalue weighted by atomic mass is 31.2. The Morgan fingerprint density at radius 1 is 0.697 bits per heavy atom. The zero-order valence-electron chi connectivity index (χ0n) is 42.4. The molecule has 22 heteroatoms. The predicted octanol–water partition coefficient (Wildman–Crippen LogP) is 5.60. The van der Waals surface area contributed by atoms with Crippen LogP contribution in [0.2, 0.25) is 5.04 Å². The highest BCUT2D eigenvalue weighted by Gasteiger charge is 2.55. The van der Waals surface area contributed by atoms with E-state index in [4.69, 9.17) is 36.9 Å². The number of nitriles is 1. The van der Waals surface area contributed by atoms with E-state index in [9.17, 15) is 34.0 Å². The summed E-state index contributed by atoms with van der Waals surface area (Å²) in [6.45, 7) is 7.11. The van der Waals surface area contributed by atoms with Crippen molar-refractivity contribution in [2.45, 2.75) is 89.4 Å². The number of benzene rings is 4. The number of ether oxygens (including phenoxy) is 4. The molecule has 4 heterocycles. The van der Waals surface area contributed by atoms with Gasteiger partial charge >= 0.3 is 31.1 Å². The van der Waals surface area contributed by atoms with Gasteiger partial charge < -0.3 is 23.4 Å². The second kappa shape index (κ2) is 23.8. The number of phosphoric ester groups is 1. The van der Waals surface area contributed by atoms with Gasteiger partial charge in [-0.25, -0.2) is 23.7 Å². The highest BCUT2D eigenvalue weighted by Crippen LogP contribution is 2.55. The number of nitrogens with one attached hydrogen (secondary N) is 2. The molecule has 0 aliphatic carbocycles. The lowest BCUT2D eigenvalue weighted by Gasteiger charge is -2.45.